The summed E-state index contributed by atoms with van der Waals surface area (Å²) in [5.41, 5.74) is 2.52. The van der Waals surface area contributed by atoms with Crippen molar-refractivity contribution in [3.8, 4) is 5.75 Å². The average Bonchev–Trinajstić information content (AvgIpc) is 3.53. The third kappa shape index (κ3) is 3.14. The molecule has 1 amide bonds. The molecule has 152 valence electrons. The zero-order valence-electron chi connectivity index (χ0n) is 16.7. The van der Waals surface area contributed by atoms with E-state index in [0.717, 1.165) is 42.1 Å². The zero-order valence-corrected chi connectivity index (χ0v) is 16.7. The van der Waals surface area contributed by atoms with Crippen LogP contribution in [-0.2, 0) is 0 Å². The first kappa shape index (κ1) is 18.5. The molecule has 1 aliphatic carbocycles. The number of para-hydroxylation sites is 1. The van der Waals surface area contributed by atoms with Gasteiger partial charge < -0.3 is 13.6 Å². The molecule has 2 aromatic heterocycles. The van der Waals surface area contributed by atoms with Crippen molar-refractivity contribution in [3.63, 3.8) is 0 Å². The molecule has 0 spiro atoms. The molecule has 3 aromatic rings. The van der Waals surface area contributed by atoms with Crippen LogP contribution in [0.3, 0.4) is 0 Å². The maximum Gasteiger partial charge on any atom is 0.278 e. The lowest BCUT2D eigenvalue weighted by Crippen LogP contribution is -2.31. The Bertz CT molecular complexity index is 1100. The molecular formula is C24H22N2O4. The van der Waals surface area contributed by atoms with Crippen LogP contribution in [0.25, 0.3) is 6.08 Å². The van der Waals surface area contributed by atoms with Crippen LogP contribution >= 0.6 is 0 Å². The average molecular weight is 402 g/mol. The van der Waals surface area contributed by atoms with Crippen molar-refractivity contribution >= 4 is 17.7 Å². The van der Waals surface area contributed by atoms with Crippen LogP contribution in [0, 0.1) is 5.92 Å². The minimum atomic E-state index is -0.285. The second-order valence-corrected chi connectivity index (χ2v) is 7.48. The number of allylic oxidation sites excluding steroid dienone is 1. The number of fused-ring (bicyclic) bond motifs is 1. The summed E-state index contributed by atoms with van der Waals surface area (Å²) in [7, 11) is 1.57. The Kier molecular flexibility index (Phi) is 4.75. The first-order valence-electron chi connectivity index (χ1n) is 10.1. The third-order valence-corrected chi connectivity index (χ3v) is 5.74. The van der Waals surface area contributed by atoms with Gasteiger partial charge in [-0.05, 0) is 67.3 Å². The summed E-state index contributed by atoms with van der Waals surface area (Å²) in [4.78, 5) is 13.6. The number of carbonyl (C=O) groups excluding carboxylic acids is 1. The van der Waals surface area contributed by atoms with Crippen LogP contribution in [-0.4, -0.2) is 23.7 Å². The molecule has 0 radical (unpaired) electrons. The van der Waals surface area contributed by atoms with Gasteiger partial charge in [-0.25, -0.2) is 5.01 Å². The molecule has 0 saturated heterocycles. The monoisotopic (exact) mass is 402 g/mol. The second-order valence-electron chi connectivity index (χ2n) is 7.48. The van der Waals surface area contributed by atoms with Crippen molar-refractivity contribution < 1.29 is 18.4 Å². The van der Waals surface area contributed by atoms with E-state index in [4.69, 9.17) is 18.7 Å². The van der Waals surface area contributed by atoms with Gasteiger partial charge in [-0.1, -0.05) is 12.1 Å². The normalized spacial score (nSPS) is 22.1. The zero-order chi connectivity index (χ0) is 20.5. The summed E-state index contributed by atoms with van der Waals surface area (Å²) in [6.07, 6.45) is 8.19. The summed E-state index contributed by atoms with van der Waals surface area (Å²) in [6, 6.07) is 14.5. The SMILES string of the molecule is COc1ccccc1C(=O)N1N=C2/C(=C/c3ccco3)CCC[C@H]2[C@H]1c1ccco1. The van der Waals surface area contributed by atoms with Crippen molar-refractivity contribution in [1.29, 1.82) is 0 Å². The second kappa shape index (κ2) is 7.71. The van der Waals surface area contributed by atoms with Gasteiger partial charge in [0, 0.05) is 5.92 Å². The van der Waals surface area contributed by atoms with Crippen molar-refractivity contribution in [1.82, 2.24) is 5.01 Å². The lowest BCUT2D eigenvalue weighted by atomic mass is 9.79. The molecular weight excluding hydrogens is 380 g/mol. The van der Waals surface area contributed by atoms with Crippen LogP contribution in [0.2, 0.25) is 0 Å². The van der Waals surface area contributed by atoms with Crippen molar-refractivity contribution in [2.45, 2.75) is 25.3 Å². The van der Waals surface area contributed by atoms with Gasteiger partial charge in [-0.2, -0.15) is 5.10 Å². The van der Waals surface area contributed by atoms with Crippen LogP contribution in [0.15, 0.2) is 80.6 Å². The molecule has 1 saturated carbocycles. The van der Waals surface area contributed by atoms with Gasteiger partial charge in [0.05, 0.1) is 30.9 Å². The Balaban J connectivity index is 1.59. The van der Waals surface area contributed by atoms with Gasteiger partial charge in [0.15, 0.2) is 0 Å². The number of hydrogen-bond donors (Lipinski definition) is 0. The van der Waals surface area contributed by atoms with E-state index in [1.165, 1.54) is 0 Å². The minimum absolute atomic E-state index is 0.0739. The molecule has 1 aliphatic heterocycles. The molecule has 5 rings (SSSR count). The summed E-state index contributed by atoms with van der Waals surface area (Å²) in [5.74, 6) is 1.93. The van der Waals surface area contributed by atoms with Crippen molar-refractivity contribution in [3.05, 3.63) is 83.7 Å². The molecule has 1 fully saturated rings. The Morgan fingerprint density at radius 2 is 1.97 bits per heavy atom. The van der Waals surface area contributed by atoms with Gasteiger partial charge in [0.25, 0.3) is 5.91 Å². The molecule has 2 aliphatic rings. The van der Waals surface area contributed by atoms with E-state index in [-0.39, 0.29) is 17.9 Å². The number of hydrogen-bond acceptors (Lipinski definition) is 5. The fourth-order valence-corrected chi connectivity index (χ4v) is 4.40. The van der Waals surface area contributed by atoms with Gasteiger partial charge in [0.2, 0.25) is 0 Å². The highest BCUT2D eigenvalue weighted by Gasteiger charge is 2.45. The van der Waals surface area contributed by atoms with Crippen LogP contribution in [0.5, 0.6) is 5.75 Å². The molecule has 0 N–H and O–H groups in total. The summed E-state index contributed by atoms with van der Waals surface area (Å²) in [5, 5.41) is 6.40. The smallest absolute Gasteiger partial charge is 0.278 e. The molecule has 30 heavy (non-hydrogen) atoms. The van der Waals surface area contributed by atoms with E-state index < -0.39 is 0 Å². The Hall–Kier alpha value is -3.54. The van der Waals surface area contributed by atoms with Gasteiger partial charge >= 0.3 is 0 Å². The first-order valence-corrected chi connectivity index (χ1v) is 10.1. The number of benzene rings is 1. The number of furan rings is 2. The van der Waals surface area contributed by atoms with Gasteiger partial charge in [-0.3, -0.25) is 4.79 Å². The fraction of sp³-hybridized carbons (Fsp3) is 0.250. The molecule has 3 heterocycles. The standard InChI is InChI=1S/C24H22N2O4/c1-28-20-11-3-2-9-18(20)24(27)26-23(21-12-6-14-30-21)19-10-4-7-16(22(19)25-26)15-17-8-5-13-29-17/h2-3,5-6,8-9,11-15,19,23H,4,7,10H2,1H3/b16-15+/t19-,23+/m1/s1. The molecule has 2 atom stereocenters. The summed E-state index contributed by atoms with van der Waals surface area (Å²) in [6.45, 7) is 0. The number of amides is 1. The first-order chi connectivity index (χ1) is 14.8. The van der Waals surface area contributed by atoms with E-state index in [1.54, 1.807) is 36.8 Å². The molecule has 0 unspecified atom stereocenters. The quantitative estimate of drug-likeness (QED) is 0.592. The number of methoxy groups -OCH3 is 1. The molecule has 1 aromatic carbocycles. The summed E-state index contributed by atoms with van der Waals surface area (Å²) >= 11 is 0. The molecule has 0 bridgehead atoms. The highest BCUT2D eigenvalue weighted by atomic mass is 16.5. The highest BCUT2D eigenvalue weighted by molar-refractivity contribution is 6.09. The maximum absolute atomic E-state index is 13.6. The van der Waals surface area contributed by atoms with E-state index in [0.29, 0.717) is 11.3 Å². The maximum atomic E-state index is 13.6. The van der Waals surface area contributed by atoms with Crippen LogP contribution < -0.4 is 4.74 Å². The number of hydrazone groups is 1. The van der Waals surface area contributed by atoms with Crippen LogP contribution in [0.4, 0.5) is 0 Å². The van der Waals surface area contributed by atoms with Crippen LogP contribution in [0.1, 0.15) is 47.2 Å². The van der Waals surface area contributed by atoms with E-state index in [2.05, 4.69) is 0 Å². The number of carbonyl (C=O) groups is 1. The number of rotatable bonds is 4. The van der Waals surface area contributed by atoms with E-state index in [9.17, 15) is 4.79 Å². The number of ether oxygens (including phenoxy) is 1. The molecule has 6 heteroatoms. The van der Waals surface area contributed by atoms with Gasteiger partial charge in [-0.15, -0.1) is 0 Å². The van der Waals surface area contributed by atoms with E-state index >= 15 is 0 Å². The largest absolute Gasteiger partial charge is 0.496 e. The summed E-state index contributed by atoms with van der Waals surface area (Å²) < 4.78 is 16.7. The predicted octanol–water partition coefficient (Wildman–Crippen LogP) is 5.32. The lowest BCUT2D eigenvalue weighted by Gasteiger charge is -2.28. The Morgan fingerprint density at radius 3 is 2.73 bits per heavy atom. The highest BCUT2D eigenvalue weighted by Crippen LogP contribution is 2.45. The Morgan fingerprint density at radius 1 is 1.13 bits per heavy atom. The predicted molar refractivity (Wildman–Crippen MR) is 112 cm³/mol. The van der Waals surface area contributed by atoms with Crippen molar-refractivity contribution in [2.75, 3.05) is 7.11 Å². The number of nitrogens with zero attached hydrogens (tertiary/aromatic N) is 2. The lowest BCUT2D eigenvalue weighted by molar-refractivity contribution is 0.0653. The topological polar surface area (TPSA) is 68.2 Å². The molecule has 6 nitrogen and oxygen atoms in total. The van der Waals surface area contributed by atoms with Crippen molar-refractivity contribution in [2.24, 2.45) is 11.0 Å². The van der Waals surface area contributed by atoms with E-state index in [1.807, 2.05) is 42.5 Å². The Labute approximate surface area is 174 Å². The minimum Gasteiger partial charge on any atom is -0.496 e. The fourth-order valence-electron chi connectivity index (χ4n) is 4.40. The third-order valence-electron chi connectivity index (χ3n) is 5.74. The van der Waals surface area contributed by atoms with Gasteiger partial charge in [0.1, 0.15) is 23.3 Å².